The fourth-order valence-electron chi connectivity index (χ4n) is 3.34. The van der Waals surface area contributed by atoms with Crippen LogP contribution in [0.25, 0.3) is 0 Å². The zero-order chi connectivity index (χ0) is 13.8. The van der Waals surface area contributed by atoms with E-state index in [1.807, 2.05) is 0 Å². The Kier molecular flexibility index (Phi) is 2.76. The van der Waals surface area contributed by atoms with Crippen molar-refractivity contribution in [1.82, 2.24) is 10.6 Å². The van der Waals surface area contributed by atoms with Crippen molar-refractivity contribution in [3.63, 3.8) is 0 Å². The number of hydrogen-bond donors (Lipinski definition) is 2. The number of carbonyl (C=O) groups excluding carboxylic acids is 1. The summed E-state index contributed by atoms with van der Waals surface area (Å²) in [5.41, 5.74) is -0.441. The van der Waals surface area contributed by atoms with Crippen LogP contribution in [0.1, 0.15) is 54.4 Å². The Morgan fingerprint density at radius 3 is 2.44 bits per heavy atom. The summed E-state index contributed by atoms with van der Waals surface area (Å²) in [6.07, 6.45) is 1.88. The lowest BCUT2D eigenvalue weighted by atomic mass is 9.87. The number of hydrogen-bond acceptors (Lipinski definition) is 3. The van der Waals surface area contributed by atoms with Crippen LogP contribution < -0.4 is 10.6 Å². The van der Waals surface area contributed by atoms with Gasteiger partial charge in [-0.25, -0.2) is 4.99 Å². The molecule has 2 unspecified atom stereocenters. The molecule has 1 amide bonds. The van der Waals surface area contributed by atoms with Crippen LogP contribution in [-0.4, -0.2) is 22.9 Å². The minimum atomic E-state index is -0.545. The van der Waals surface area contributed by atoms with Crippen molar-refractivity contribution in [3.05, 3.63) is 0 Å². The van der Waals surface area contributed by atoms with Gasteiger partial charge in [-0.1, -0.05) is 20.8 Å². The van der Waals surface area contributed by atoms with Gasteiger partial charge in [0.2, 0.25) is 0 Å². The van der Waals surface area contributed by atoms with Crippen LogP contribution in [0.4, 0.5) is 0 Å². The minimum absolute atomic E-state index is 0.0623. The van der Waals surface area contributed by atoms with E-state index in [-0.39, 0.29) is 16.9 Å². The number of rotatable bonds is 0. The van der Waals surface area contributed by atoms with Crippen molar-refractivity contribution >= 4 is 11.9 Å². The van der Waals surface area contributed by atoms with Crippen LogP contribution in [-0.2, 0) is 4.79 Å². The first kappa shape index (κ1) is 13.4. The highest BCUT2D eigenvalue weighted by molar-refractivity contribution is 6.08. The Morgan fingerprint density at radius 1 is 1.39 bits per heavy atom. The molecule has 0 bridgehead atoms. The first-order valence-corrected chi connectivity index (χ1v) is 6.74. The summed E-state index contributed by atoms with van der Waals surface area (Å²) in [6.45, 7) is 12.8. The van der Waals surface area contributed by atoms with Gasteiger partial charge in [0.25, 0.3) is 5.91 Å². The summed E-state index contributed by atoms with van der Waals surface area (Å²) in [5.74, 6) is 0.996. The van der Waals surface area contributed by atoms with Crippen LogP contribution >= 0.6 is 0 Å². The van der Waals surface area contributed by atoms with E-state index in [2.05, 4.69) is 52.2 Å². The van der Waals surface area contributed by atoms with Crippen molar-refractivity contribution in [2.45, 2.75) is 65.5 Å². The van der Waals surface area contributed by atoms with Gasteiger partial charge in [0.05, 0.1) is 0 Å². The molecule has 4 heteroatoms. The molecular formula is C14H25N3O. The Bertz CT molecular complexity index is 406. The summed E-state index contributed by atoms with van der Waals surface area (Å²) in [6, 6.07) is 0. The lowest BCUT2D eigenvalue weighted by molar-refractivity contribution is -0.124. The molecule has 4 nitrogen and oxygen atoms in total. The molecule has 1 fully saturated rings. The predicted molar refractivity (Wildman–Crippen MR) is 73.4 cm³/mol. The number of guanidine groups is 1. The van der Waals surface area contributed by atoms with E-state index < -0.39 is 5.54 Å². The highest BCUT2D eigenvalue weighted by Gasteiger charge is 2.56. The van der Waals surface area contributed by atoms with Gasteiger partial charge in [-0.15, -0.1) is 0 Å². The molecule has 18 heavy (non-hydrogen) atoms. The average molecular weight is 251 g/mol. The summed E-state index contributed by atoms with van der Waals surface area (Å²) in [5, 5.41) is 6.18. The molecule has 0 saturated heterocycles. The second kappa shape index (κ2) is 3.72. The number of carbonyl (C=O) groups is 1. The van der Waals surface area contributed by atoms with E-state index in [4.69, 9.17) is 4.99 Å². The van der Waals surface area contributed by atoms with E-state index in [0.717, 1.165) is 12.8 Å². The second-order valence-electron chi connectivity index (χ2n) is 7.66. The molecule has 1 spiro atoms. The van der Waals surface area contributed by atoms with Crippen molar-refractivity contribution in [2.24, 2.45) is 16.3 Å². The number of nitrogens with zero attached hydrogens (tertiary/aromatic N) is 1. The topological polar surface area (TPSA) is 53.5 Å². The maximum absolute atomic E-state index is 12.3. The van der Waals surface area contributed by atoms with Crippen LogP contribution in [0.2, 0.25) is 0 Å². The summed E-state index contributed by atoms with van der Waals surface area (Å²) in [7, 11) is 0. The van der Waals surface area contributed by atoms with Gasteiger partial charge in [0.15, 0.2) is 5.96 Å². The van der Waals surface area contributed by atoms with Crippen LogP contribution in [0.15, 0.2) is 4.99 Å². The Hall–Kier alpha value is -1.06. The first-order valence-electron chi connectivity index (χ1n) is 6.74. The number of aliphatic imine (C=N–C) groups is 1. The van der Waals surface area contributed by atoms with E-state index in [1.54, 1.807) is 0 Å². The van der Waals surface area contributed by atoms with E-state index >= 15 is 0 Å². The largest absolute Gasteiger partial charge is 0.351 e. The molecule has 102 valence electrons. The Balaban J connectivity index is 2.27. The monoisotopic (exact) mass is 251 g/mol. The molecule has 0 aromatic rings. The van der Waals surface area contributed by atoms with E-state index in [1.165, 1.54) is 0 Å². The van der Waals surface area contributed by atoms with Gasteiger partial charge >= 0.3 is 0 Å². The maximum atomic E-state index is 12.3. The van der Waals surface area contributed by atoms with Crippen molar-refractivity contribution < 1.29 is 4.79 Å². The third kappa shape index (κ3) is 2.25. The fourth-order valence-corrected chi connectivity index (χ4v) is 3.34. The molecule has 0 aromatic carbocycles. The van der Waals surface area contributed by atoms with Gasteiger partial charge < -0.3 is 5.32 Å². The summed E-state index contributed by atoms with van der Waals surface area (Å²) < 4.78 is 0. The average Bonchev–Trinajstić information content (AvgIpc) is 2.49. The predicted octanol–water partition coefficient (Wildman–Crippen LogP) is 2.06. The molecule has 1 aliphatic heterocycles. The van der Waals surface area contributed by atoms with Crippen molar-refractivity contribution in [1.29, 1.82) is 0 Å². The summed E-state index contributed by atoms with van der Waals surface area (Å²) in [4.78, 5) is 17.0. The molecule has 0 aromatic heterocycles. The second-order valence-corrected chi connectivity index (χ2v) is 7.66. The molecule has 2 atom stereocenters. The highest BCUT2D eigenvalue weighted by Crippen LogP contribution is 2.50. The number of amides is 1. The molecule has 2 rings (SSSR count). The number of nitrogens with one attached hydrogen (secondary N) is 2. The van der Waals surface area contributed by atoms with Crippen molar-refractivity contribution in [2.75, 3.05) is 0 Å². The van der Waals surface area contributed by atoms with Gasteiger partial charge in [-0.2, -0.15) is 0 Å². The molecule has 1 heterocycles. The normalized spacial score (nSPS) is 34.7. The van der Waals surface area contributed by atoms with Gasteiger partial charge in [-0.3, -0.25) is 10.1 Å². The minimum Gasteiger partial charge on any atom is -0.351 e. The highest BCUT2D eigenvalue weighted by atomic mass is 16.2. The quantitative estimate of drug-likeness (QED) is 0.692. The molecule has 0 radical (unpaired) electrons. The van der Waals surface area contributed by atoms with Crippen LogP contribution in [0.5, 0.6) is 0 Å². The van der Waals surface area contributed by atoms with Crippen LogP contribution in [0, 0.1) is 11.3 Å². The molecule has 1 aliphatic carbocycles. The molecule has 1 saturated carbocycles. The lowest BCUT2D eigenvalue weighted by Gasteiger charge is -2.23. The third-order valence-electron chi connectivity index (χ3n) is 3.85. The molecular weight excluding hydrogens is 226 g/mol. The molecule has 2 N–H and O–H groups in total. The van der Waals surface area contributed by atoms with E-state index in [0.29, 0.717) is 11.9 Å². The SMILES string of the molecule is CC1CC(C)(C)CC12N=C(NC(C)(C)C)NC2=O. The lowest BCUT2D eigenvalue weighted by Crippen LogP contribution is -2.48. The first-order chi connectivity index (χ1) is 8.04. The summed E-state index contributed by atoms with van der Waals surface area (Å²) >= 11 is 0. The Morgan fingerprint density at radius 2 is 2.00 bits per heavy atom. The van der Waals surface area contributed by atoms with Crippen LogP contribution in [0.3, 0.4) is 0 Å². The fraction of sp³-hybridized carbons (Fsp3) is 0.857. The van der Waals surface area contributed by atoms with Gasteiger partial charge in [0.1, 0.15) is 5.54 Å². The van der Waals surface area contributed by atoms with Gasteiger partial charge in [0, 0.05) is 5.54 Å². The zero-order valence-corrected chi connectivity index (χ0v) is 12.3. The van der Waals surface area contributed by atoms with Gasteiger partial charge in [-0.05, 0) is 44.9 Å². The van der Waals surface area contributed by atoms with E-state index in [9.17, 15) is 4.79 Å². The maximum Gasteiger partial charge on any atom is 0.255 e. The van der Waals surface area contributed by atoms with Crippen molar-refractivity contribution in [3.8, 4) is 0 Å². The smallest absolute Gasteiger partial charge is 0.255 e. The third-order valence-corrected chi connectivity index (χ3v) is 3.85. The zero-order valence-electron chi connectivity index (χ0n) is 12.3. The standard InChI is InChI=1S/C14H25N3O/c1-9-7-13(5,6)8-14(9)10(18)15-11(17-14)16-12(2,3)4/h9H,7-8H2,1-6H3,(H2,15,16,17,18). The Labute approximate surface area is 110 Å². The molecule has 2 aliphatic rings.